The number of hydrogen-bond acceptors (Lipinski definition) is 3. The van der Waals surface area contributed by atoms with Gasteiger partial charge in [-0.25, -0.2) is 0 Å². The van der Waals surface area contributed by atoms with Crippen LogP contribution in [0.15, 0.2) is 18.2 Å². The number of primary amides is 1. The first-order valence-corrected chi connectivity index (χ1v) is 6.38. The zero-order valence-corrected chi connectivity index (χ0v) is 10.9. The smallest absolute Gasteiger partial charge is 0.305 e. The van der Waals surface area contributed by atoms with E-state index in [-0.39, 0.29) is 12.5 Å². The van der Waals surface area contributed by atoms with Gasteiger partial charge >= 0.3 is 5.97 Å². The summed E-state index contributed by atoms with van der Waals surface area (Å²) in [6.07, 6.45) is 1.86. The summed E-state index contributed by atoms with van der Waals surface area (Å²) in [5.74, 6) is -1.29. The molecule has 1 aliphatic rings. The minimum absolute atomic E-state index is 0.0580. The van der Waals surface area contributed by atoms with Crippen molar-refractivity contribution in [2.45, 2.75) is 32.2 Å². The monoisotopic (exact) mass is 262 g/mol. The fourth-order valence-corrected chi connectivity index (χ4v) is 2.65. The molecule has 1 unspecified atom stereocenters. The van der Waals surface area contributed by atoms with Gasteiger partial charge in [-0.15, -0.1) is 0 Å². The van der Waals surface area contributed by atoms with Gasteiger partial charge in [-0.2, -0.15) is 0 Å². The summed E-state index contributed by atoms with van der Waals surface area (Å²) >= 11 is 0. The van der Waals surface area contributed by atoms with Gasteiger partial charge < -0.3 is 15.7 Å². The molecular formula is C14H18N2O3. The first-order valence-electron chi connectivity index (χ1n) is 6.38. The molecular weight excluding hydrogens is 244 g/mol. The maximum Gasteiger partial charge on any atom is 0.305 e. The van der Waals surface area contributed by atoms with E-state index in [0.717, 1.165) is 30.6 Å². The molecule has 1 saturated heterocycles. The van der Waals surface area contributed by atoms with Crippen LogP contribution in [0.5, 0.6) is 0 Å². The Kier molecular flexibility index (Phi) is 3.74. The summed E-state index contributed by atoms with van der Waals surface area (Å²) in [5, 5.41) is 8.95. The van der Waals surface area contributed by atoms with Crippen molar-refractivity contribution in [2.24, 2.45) is 5.73 Å². The summed E-state index contributed by atoms with van der Waals surface area (Å²) in [6.45, 7) is 2.71. The first kappa shape index (κ1) is 13.4. The number of carboxylic acid groups (broad SMARTS) is 1. The molecule has 1 amide bonds. The molecule has 0 aliphatic carbocycles. The van der Waals surface area contributed by atoms with Gasteiger partial charge in [-0.3, -0.25) is 9.59 Å². The Morgan fingerprint density at radius 1 is 1.47 bits per heavy atom. The maximum atomic E-state index is 11.5. The molecule has 102 valence electrons. The minimum atomic E-state index is -0.815. The van der Waals surface area contributed by atoms with Crippen LogP contribution in [0, 0.1) is 6.92 Å². The second-order valence-corrected chi connectivity index (χ2v) is 4.97. The van der Waals surface area contributed by atoms with E-state index in [0.29, 0.717) is 5.56 Å². The van der Waals surface area contributed by atoms with Crippen LogP contribution in [-0.4, -0.2) is 29.6 Å². The molecule has 2 rings (SSSR count). The lowest BCUT2D eigenvalue weighted by atomic mass is 10.1. The van der Waals surface area contributed by atoms with Crippen LogP contribution in [-0.2, 0) is 4.79 Å². The normalized spacial score (nSPS) is 18.6. The van der Waals surface area contributed by atoms with Crippen LogP contribution < -0.4 is 10.6 Å². The summed E-state index contributed by atoms with van der Waals surface area (Å²) in [4.78, 5) is 24.4. The lowest BCUT2D eigenvalue weighted by Crippen LogP contribution is -2.33. The van der Waals surface area contributed by atoms with Crippen molar-refractivity contribution < 1.29 is 14.7 Å². The molecule has 0 saturated carbocycles. The van der Waals surface area contributed by atoms with E-state index < -0.39 is 11.9 Å². The molecule has 0 radical (unpaired) electrons. The Bertz CT molecular complexity index is 513. The Morgan fingerprint density at radius 2 is 2.21 bits per heavy atom. The van der Waals surface area contributed by atoms with Gasteiger partial charge in [0, 0.05) is 12.6 Å². The number of carbonyl (C=O) groups is 2. The summed E-state index contributed by atoms with van der Waals surface area (Å²) < 4.78 is 0. The number of nitrogens with two attached hydrogens (primary N) is 1. The standard InChI is InChI=1S/C14H18N2O3/c1-9-4-5-11(14(15)19)12(7-9)16-6-2-3-10(16)8-13(17)18/h4-5,7,10H,2-3,6,8H2,1H3,(H2,15,19)(H,17,18). The highest BCUT2D eigenvalue weighted by atomic mass is 16.4. The van der Waals surface area contributed by atoms with Crippen molar-refractivity contribution in [2.75, 3.05) is 11.4 Å². The van der Waals surface area contributed by atoms with E-state index in [1.807, 2.05) is 24.0 Å². The first-order chi connectivity index (χ1) is 8.99. The maximum absolute atomic E-state index is 11.5. The van der Waals surface area contributed by atoms with Crippen LogP contribution in [0.1, 0.15) is 35.2 Å². The molecule has 1 atom stereocenters. The molecule has 5 heteroatoms. The van der Waals surface area contributed by atoms with Gasteiger partial charge in [0.25, 0.3) is 5.91 Å². The van der Waals surface area contributed by atoms with E-state index in [1.54, 1.807) is 6.07 Å². The third-order valence-corrected chi connectivity index (χ3v) is 3.52. The Balaban J connectivity index is 2.36. The predicted octanol–water partition coefficient (Wildman–Crippen LogP) is 1.54. The largest absolute Gasteiger partial charge is 0.481 e. The van der Waals surface area contributed by atoms with Crippen LogP contribution >= 0.6 is 0 Å². The van der Waals surface area contributed by atoms with Gasteiger partial charge in [0.15, 0.2) is 0 Å². The molecule has 1 aromatic carbocycles. The topological polar surface area (TPSA) is 83.6 Å². The summed E-state index contributed by atoms with van der Waals surface area (Å²) in [7, 11) is 0. The molecule has 1 aliphatic heterocycles. The molecule has 1 aromatic rings. The third-order valence-electron chi connectivity index (χ3n) is 3.52. The zero-order valence-electron chi connectivity index (χ0n) is 10.9. The summed E-state index contributed by atoms with van der Waals surface area (Å²) in [6, 6.07) is 5.40. The van der Waals surface area contributed by atoms with Gasteiger partial charge in [0.2, 0.25) is 0 Å². The zero-order chi connectivity index (χ0) is 14.0. The van der Waals surface area contributed by atoms with Crippen molar-refractivity contribution in [1.29, 1.82) is 0 Å². The molecule has 19 heavy (non-hydrogen) atoms. The number of aryl methyl sites for hydroxylation is 1. The minimum Gasteiger partial charge on any atom is -0.481 e. The van der Waals surface area contributed by atoms with Crippen molar-refractivity contribution in [1.82, 2.24) is 0 Å². The van der Waals surface area contributed by atoms with Gasteiger partial charge in [0.05, 0.1) is 17.7 Å². The number of nitrogens with zero attached hydrogens (tertiary/aromatic N) is 1. The molecule has 0 bridgehead atoms. The van der Waals surface area contributed by atoms with Crippen molar-refractivity contribution in [3.63, 3.8) is 0 Å². The van der Waals surface area contributed by atoms with E-state index >= 15 is 0 Å². The average Bonchev–Trinajstić information content (AvgIpc) is 2.75. The fourth-order valence-electron chi connectivity index (χ4n) is 2.65. The average molecular weight is 262 g/mol. The van der Waals surface area contributed by atoms with Gasteiger partial charge in [0.1, 0.15) is 0 Å². The molecule has 0 aromatic heterocycles. The molecule has 3 N–H and O–H groups in total. The number of carbonyl (C=O) groups excluding carboxylic acids is 1. The highest BCUT2D eigenvalue weighted by Crippen LogP contribution is 2.30. The number of anilines is 1. The number of carboxylic acids is 1. The van der Waals surface area contributed by atoms with Crippen LogP contribution in [0.4, 0.5) is 5.69 Å². The van der Waals surface area contributed by atoms with Gasteiger partial charge in [-0.1, -0.05) is 6.07 Å². The molecule has 1 fully saturated rings. The fraction of sp³-hybridized carbons (Fsp3) is 0.429. The van der Waals surface area contributed by atoms with E-state index in [1.165, 1.54) is 0 Å². The van der Waals surface area contributed by atoms with Crippen LogP contribution in [0.3, 0.4) is 0 Å². The van der Waals surface area contributed by atoms with E-state index in [4.69, 9.17) is 10.8 Å². The lowest BCUT2D eigenvalue weighted by molar-refractivity contribution is -0.137. The Morgan fingerprint density at radius 3 is 2.84 bits per heavy atom. The lowest BCUT2D eigenvalue weighted by Gasteiger charge is -2.27. The number of rotatable bonds is 4. The van der Waals surface area contributed by atoms with Gasteiger partial charge in [-0.05, 0) is 37.5 Å². The second kappa shape index (κ2) is 5.30. The molecule has 5 nitrogen and oxygen atoms in total. The SMILES string of the molecule is Cc1ccc(C(N)=O)c(N2CCCC2CC(=O)O)c1. The molecule has 0 spiro atoms. The predicted molar refractivity (Wildman–Crippen MR) is 72.3 cm³/mol. The van der Waals surface area contributed by atoms with E-state index in [9.17, 15) is 9.59 Å². The molecule has 1 heterocycles. The highest BCUT2D eigenvalue weighted by Gasteiger charge is 2.29. The van der Waals surface area contributed by atoms with Crippen LogP contribution in [0.2, 0.25) is 0 Å². The number of aliphatic carboxylic acids is 1. The third kappa shape index (κ3) is 2.86. The Labute approximate surface area is 112 Å². The number of hydrogen-bond donors (Lipinski definition) is 2. The summed E-state index contributed by atoms with van der Waals surface area (Å²) in [5.41, 5.74) is 7.65. The second-order valence-electron chi connectivity index (χ2n) is 4.97. The Hall–Kier alpha value is -2.04. The van der Waals surface area contributed by atoms with Crippen molar-refractivity contribution in [3.05, 3.63) is 29.3 Å². The quantitative estimate of drug-likeness (QED) is 0.862. The van der Waals surface area contributed by atoms with E-state index in [2.05, 4.69) is 0 Å². The van der Waals surface area contributed by atoms with Crippen LogP contribution in [0.25, 0.3) is 0 Å². The number of amides is 1. The van der Waals surface area contributed by atoms with Crippen molar-refractivity contribution >= 4 is 17.6 Å². The highest BCUT2D eigenvalue weighted by molar-refractivity contribution is 5.99. The van der Waals surface area contributed by atoms with Crippen molar-refractivity contribution in [3.8, 4) is 0 Å². The number of benzene rings is 1.